The number of aromatic amines is 2. The second-order valence-electron chi connectivity index (χ2n) is 9.69. The summed E-state index contributed by atoms with van der Waals surface area (Å²) in [6.07, 6.45) is 8.69. The SMILES string of the molecule is C=C(Nc1cncc(-c2ccc3[nH]nc(-c4cc5c(-c6cccs6)cccc5[nH]4)c3n2)c1)C1CCCC1. The number of benzene rings is 1. The van der Waals surface area contributed by atoms with Crippen LogP contribution >= 0.6 is 11.3 Å². The highest BCUT2D eigenvalue weighted by atomic mass is 32.1. The van der Waals surface area contributed by atoms with Crippen molar-refractivity contribution in [1.82, 2.24) is 25.1 Å². The molecule has 1 saturated carbocycles. The summed E-state index contributed by atoms with van der Waals surface area (Å²) in [5.74, 6) is 0.545. The Bertz CT molecular complexity index is 1740. The van der Waals surface area contributed by atoms with Crippen LogP contribution in [0.4, 0.5) is 5.69 Å². The number of H-pyrrole nitrogens is 2. The number of aromatic nitrogens is 5. The van der Waals surface area contributed by atoms with Crippen molar-refractivity contribution in [2.24, 2.45) is 5.92 Å². The van der Waals surface area contributed by atoms with Gasteiger partial charge in [0, 0.05) is 38.8 Å². The van der Waals surface area contributed by atoms with Gasteiger partial charge >= 0.3 is 0 Å². The van der Waals surface area contributed by atoms with E-state index in [1.165, 1.54) is 41.5 Å². The summed E-state index contributed by atoms with van der Waals surface area (Å²) in [7, 11) is 0. The zero-order valence-electron chi connectivity index (χ0n) is 20.3. The van der Waals surface area contributed by atoms with Gasteiger partial charge in [-0.1, -0.05) is 37.6 Å². The highest BCUT2D eigenvalue weighted by Crippen LogP contribution is 2.36. The molecule has 3 N–H and O–H groups in total. The smallest absolute Gasteiger partial charge is 0.135 e. The molecule has 37 heavy (non-hydrogen) atoms. The minimum Gasteiger partial charge on any atom is -0.358 e. The number of rotatable bonds is 6. The van der Waals surface area contributed by atoms with Gasteiger partial charge in [0.05, 0.1) is 28.8 Å². The molecule has 0 bridgehead atoms. The molecule has 7 rings (SSSR count). The van der Waals surface area contributed by atoms with Crippen LogP contribution in [0.3, 0.4) is 0 Å². The molecule has 1 fully saturated rings. The number of nitrogens with one attached hydrogen (secondary N) is 3. The standard InChI is InChI=1S/C30H26N6S/c1-18(19-6-2-3-7-19)32-21-14-20(16-31-17-21)24-11-12-26-29(34-24)30(36-35-26)27-15-23-22(28-10-5-13-37-28)8-4-9-25(23)33-27/h4-5,8-17,19,32-33H,1-3,6-7H2,(H,35,36). The Labute approximate surface area is 218 Å². The summed E-state index contributed by atoms with van der Waals surface area (Å²) in [6, 6.07) is 18.9. The molecule has 1 aromatic carbocycles. The van der Waals surface area contributed by atoms with Crippen LogP contribution in [-0.4, -0.2) is 25.1 Å². The Kier molecular flexibility index (Phi) is 5.36. The third-order valence-electron chi connectivity index (χ3n) is 7.30. The van der Waals surface area contributed by atoms with Crippen LogP contribution in [0, 0.1) is 5.92 Å². The van der Waals surface area contributed by atoms with Crippen molar-refractivity contribution in [1.29, 1.82) is 0 Å². The summed E-state index contributed by atoms with van der Waals surface area (Å²) in [5, 5.41) is 14.6. The number of allylic oxidation sites excluding steroid dienone is 1. The number of pyridine rings is 2. The van der Waals surface area contributed by atoms with E-state index in [0.29, 0.717) is 5.92 Å². The van der Waals surface area contributed by atoms with Crippen LogP contribution in [0.15, 0.2) is 84.6 Å². The van der Waals surface area contributed by atoms with Gasteiger partial charge < -0.3 is 10.3 Å². The van der Waals surface area contributed by atoms with Crippen molar-refractivity contribution >= 4 is 39.0 Å². The highest BCUT2D eigenvalue weighted by Gasteiger charge is 2.19. The summed E-state index contributed by atoms with van der Waals surface area (Å²) in [4.78, 5) is 14.3. The minimum atomic E-state index is 0.545. The maximum Gasteiger partial charge on any atom is 0.135 e. The largest absolute Gasteiger partial charge is 0.358 e. The molecule has 0 saturated heterocycles. The van der Waals surface area contributed by atoms with Gasteiger partial charge in [0.2, 0.25) is 0 Å². The lowest BCUT2D eigenvalue weighted by Gasteiger charge is -2.15. The van der Waals surface area contributed by atoms with Crippen LogP contribution in [0.5, 0.6) is 0 Å². The summed E-state index contributed by atoms with van der Waals surface area (Å²) in [5.41, 5.74) is 9.61. The lowest BCUT2D eigenvalue weighted by atomic mass is 10.0. The molecule has 0 radical (unpaired) electrons. The summed E-state index contributed by atoms with van der Waals surface area (Å²) in [6.45, 7) is 4.28. The van der Waals surface area contributed by atoms with Crippen molar-refractivity contribution in [2.75, 3.05) is 5.32 Å². The first-order valence-corrected chi connectivity index (χ1v) is 13.5. The number of hydrogen-bond acceptors (Lipinski definition) is 5. The number of thiophene rings is 1. The van der Waals surface area contributed by atoms with E-state index in [1.54, 1.807) is 11.3 Å². The number of nitrogens with zero attached hydrogens (tertiary/aromatic N) is 3. The molecule has 0 amide bonds. The van der Waals surface area contributed by atoms with E-state index in [1.807, 2.05) is 24.5 Å². The van der Waals surface area contributed by atoms with Gasteiger partial charge in [-0.25, -0.2) is 4.98 Å². The predicted octanol–water partition coefficient (Wildman–Crippen LogP) is 8.01. The number of anilines is 1. The predicted molar refractivity (Wildman–Crippen MR) is 152 cm³/mol. The quantitative estimate of drug-likeness (QED) is 0.215. The van der Waals surface area contributed by atoms with E-state index in [4.69, 9.17) is 4.98 Å². The van der Waals surface area contributed by atoms with Crippen molar-refractivity contribution in [3.05, 3.63) is 84.6 Å². The molecule has 5 heterocycles. The lowest BCUT2D eigenvalue weighted by Crippen LogP contribution is -2.07. The molecule has 5 aromatic heterocycles. The third kappa shape index (κ3) is 4.01. The number of hydrogen-bond donors (Lipinski definition) is 3. The maximum atomic E-state index is 5.02. The topological polar surface area (TPSA) is 82.3 Å². The first kappa shape index (κ1) is 22.0. The van der Waals surface area contributed by atoms with E-state index in [2.05, 4.69) is 79.9 Å². The average molecular weight is 503 g/mol. The normalized spacial score (nSPS) is 14.1. The van der Waals surface area contributed by atoms with Crippen molar-refractivity contribution in [2.45, 2.75) is 25.7 Å². The lowest BCUT2D eigenvalue weighted by molar-refractivity contribution is 0.649. The Morgan fingerprint density at radius 3 is 2.78 bits per heavy atom. The first-order chi connectivity index (χ1) is 18.2. The van der Waals surface area contributed by atoms with Crippen LogP contribution in [0.2, 0.25) is 0 Å². The van der Waals surface area contributed by atoms with E-state index in [-0.39, 0.29) is 0 Å². The number of fused-ring (bicyclic) bond motifs is 2. The van der Waals surface area contributed by atoms with Gasteiger partial charge in [0.1, 0.15) is 11.2 Å². The van der Waals surface area contributed by atoms with Crippen LogP contribution in [0.1, 0.15) is 25.7 Å². The fraction of sp³-hybridized carbons (Fsp3) is 0.167. The van der Waals surface area contributed by atoms with E-state index < -0.39 is 0 Å². The molecule has 0 atom stereocenters. The Morgan fingerprint density at radius 2 is 1.92 bits per heavy atom. The van der Waals surface area contributed by atoms with Crippen molar-refractivity contribution in [3.63, 3.8) is 0 Å². The van der Waals surface area contributed by atoms with Crippen LogP contribution in [-0.2, 0) is 0 Å². The minimum absolute atomic E-state index is 0.545. The van der Waals surface area contributed by atoms with Gasteiger partial charge in [0.15, 0.2) is 0 Å². The third-order valence-corrected chi connectivity index (χ3v) is 8.20. The Balaban J connectivity index is 1.25. The zero-order valence-corrected chi connectivity index (χ0v) is 21.1. The van der Waals surface area contributed by atoms with Crippen LogP contribution in [0.25, 0.3) is 55.0 Å². The summed E-state index contributed by atoms with van der Waals surface area (Å²) >= 11 is 1.75. The molecule has 1 aliphatic rings. The van der Waals surface area contributed by atoms with Gasteiger partial charge in [-0.3, -0.25) is 10.1 Å². The molecule has 0 aliphatic heterocycles. The Morgan fingerprint density at radius 1 is 1.00 bits per heavy atom. The van der Waals surface area contributed by atoms with E-state index in [0.717, 1.165) is 50.6 Å². The molecule has 1 aliphatic carbocycles. The molecular formula is C30H26N6S. The van der Waals surface area contributed by atoms with Crippen LogP contribution < -0.4 is 5.32 Å². The van der Waals surface area contributed by atoms with Gasteiger partial charge in [-0.15, -0.1) is 11.3 Å². The van der Waals surface area contributed by atoms with E-state index in [9.17, 15) is 0 Å². The second kappa shape index (κ2) is 9.01. The monoisotopic (exact) mass is 502 g/mol. The molecule has 7 heteroatoms. The molecule has 182 valence electrons. The maximum absolute atomic E-state index is 5.02. The zero-order chi connectivity index (χ0) is 24.8. The van der Waals surface area contributed by atoms with Gasteiger partial charge in [-0.2, -0.15) is 5.10 Å². The second-order valence-corrected chi connectivity index (χ2v) is 10.6. The van der Waals surface area contributed by atoms with Gasteiger partial charge in [0.25, 0.3) is 0 Å². The van der Waals surface area contributed by atoms with Crippen molar-refractivity contribution in [3.8, 4) is 33.1 Å². The van der Waals surface area contributed by atoms with Gasteiger partial charge in [-0.05, 0) is 60.5 Å². The van der Waals surface area contributed by atoms with Crippen molar-refractivity contribution < 1.29 is 0 Å². The molecule has 6 nitrogen and oxygen atoms in total. The highest BCUT2D eigenvalue weighted by molar-refractivity contribution is 7.13. The fourth-order valence-corrected chi connectivity index (χ4v) is 6.15. The average Bonchev–Trinajstić information content (AvgIpc) is 3.74. The Hall–Kier alpha value is -4.23. The molecule has 0 unspecified atom stereocenters. The molecule has 6 aromatic rings. The van der Waals surface area contributed by atoms with E-state index >= 15 is 0 Å². The summed E-state index contributed by atoms with van der Waals surface area (Å²) < 4.78 is 0. The first-order valence-electron chi connectivity index (χ1n) is 12.7. The molecular weight excluding hydrogens is 476 g/mol. The molecule has 0 spiro atoms. The fourth-order valence-electron chi connectivity index (χ4n) is 5.39.